The average Bonchev–Trinajstić information content (AvgIpc) is 2.48. The molecule has 0 bridgehead atoms. The van der Waals surface area contributed by atoms with Crippen LogP contribution >= 0.6 is 0 Å². The Hall–Kier alpha value is -1.91. The summed E-state index contributed by atoms with van der Waals surface area (Å²) in [6, 6.07) is 13.7. The molecule has 106 valence electrons. The quantitative estimate of drug-likeness (QED) is 0.851. The molecule has 1 unspecified atom stereocenters. The van der Waals surface area contributed by atoms with E-state index in [1.807, 2.05) is 24.3 Å². The molecule has 0 amide bonds. The van der Waals surface area contributed by atoms with Gasteiger partial charge in [0.25, 0.3) is 0 Å². The second kappa shape index (κ2) is 7.03. The van der Waals surface area contributed by atoms with E-state index in [9.17, 15) is 9.50 Å². The summed E-state index contributed by atoms with van der Waals surface area (Å²) in [6.07, 6.45) is -0.719. The van der Waals surface area contributed by atoms with Gasteiger partial charge in [0.15, 0.2) is 0 Å². The molecule has 0 spiro atoms. The number of hydrogen-bond donors (Lipinski definition) is 2. The molecule has 0 aliphatic rings. The predicted octanol–water partition coefficient (Wildman–Crippen LogP) is 2.66. The second-order valence-electron chi connectivity index (χ2n) is 4.55. The molecule has 20 heavy (non-hydrogen) atoms. The van der Waals surface area contributed by atoms with Crippen LogP contribution in [0.15, 0.2) is 48.5 Å². The van der Waals surface area contributed by atoms with Crippen LogP contribution in [0.4, 0.5) is 4.39 Å². The van der Waals surface area contributed by atoms with Crippen molar-refractivity contribution >= 4 is 0 Å². The molecule has 0 radical (unpaired) electrons. The Labute approximate surface area is 118 Å². The van der Waals surface area contributed by atoms with Crippen LogP contribution in [0, 0.1) is 5.82 Å². The van der Waals surface area contributed by atoms with Gasteiger partial charge in [0, 0.05) is 13.1 Å². The second-order valence-corrected chi connectivity index (χ2v) is 4.55. The van der Waals surface area contributed by atoms with Gasteiger partial charge in [-0.3, -0.25) is 0 Å². The van der Waals surface area contributed by atoms with Gasteiger partial charge in [-0.2, -0.15) is 0 Å². The zero-order chi connectivity index (χ0) is 14.4. The van der Waals surface area contributed by atoms with Crippen molar-refractivity contribution in [3.63, 3.8) is 0 Å². The van der Waals surface area contributed by atoms with Gasteiger partial charge in [-0.05, 0) is 35.4 Å². The number of benzene rings is 2. The highest BCUT2D eigenvalue weighted by atomic mass is 19.1. The zero-order valence-corrected chi connectivity index (χ0v) is 11.3. The minimum absolute atomic E-state index is 0.336. The van der Waals surface area contributed by atoms with Crippen molar-refractivity contribution < 1.29 is 14.2 Å². The van der Waals surface area contributed by atoms with Crippen LogP contribution in [0.2, 0.25) is 0 Å². The third-order valence-corrected chi connectivity index (χ3v) is 3.06. The maximum absolute atomic E-state index is 13.0. The van der Waals surface area contributed by atoms with Gasteiger partial charge < -0.3 is 15.2 Å². The Kier molecular flexibility index (Phi) is 5.09. The van der Waals surface area contributed by atoms with E-state index in [4.69, 9.17) is 4.74 Å². The lowest BCUT2D eigenvalue weighted by Crippen LogP contribution is -2.21. The number of ether oxygens (including phenoxy) is 1. The lowest BCUT2D eigenvalue weighted by Gasteiger charge is -2.12. The fourth-order valence-electron chi connectivity index (χ4n) is 1.93. The van der Waals surface area contributed by atoms with Crippen molar-refractivity contribution in [2.45, 2.75) is 12.6 Å². The molecular weight excluding hydrogens is 257 g/mol. The Bertz CT molecular complexity index is 542. The first-order valence-electron chi connectivity index (χ1n) is 6.46. The van der Waals surface area contributed by atoms with E-state index < -0.39 is 6.10 Å². The lowest BCUT2D eigenvalue weighted by atomic mass is 10.1. The minimum atomic E-state index is -0.719. The number of halogens is 1. The molecule has 2 aromatic carbocycles. The standard InChI is InChI=1S/C16H18FNO2/c1-20-15-7-5-12(6-8-15)10-18-11-16(19)13-3-2-4-14(17)9-13/h2-9,16,18-19H,10-11H2,1H3. The highest BCUT2D eigenvalue weighted by Crippen LogP contribution is 2.14. The van der Waals surface area contributed by atoms with Crippen molar-refractivity contribution in [2.75, 3.05) is 13.7 Å². The monoisotopic (exact) mass is 275 g/mol. The Balaban J connectivity index is 1.82. The van der Waals surface area contributed by atoms with E-state index in [2.05, 4.69) is 5.32 Å². The molecule has 3 nitrogen and oxygen atoms in total. The third kappa shape index (κ3) is 4.05. The van der Waals surface area contributed by atoms with E-state index in [0.29, 0.717) is 18.7 Å². The van der Waals surface area contributed by atoms with Gasteiger partial charge in [0.2, 0.25) is 0 Å². The number of aliphatic hydroxyl groups is 1. The molecule has 0 fully saturated rings. The molecule has 2 N–H and O–H groups in total. The number of rotatable bonds is 6. The molecule has 1 atom stereocenters. The lowest BCUT2D eigenvalue weighted by molar-refractivity contribution is 0.174. The summed E-state index contributed by atoms with van der Waals surface area (Å²) in [7, 11) is 1.63. The van der Waals surface area contributed by atoms with E-state index >= 15 is 0 Å². The van der Waals surface area contributed by atoms with Gasteiger partial charge in [-0.1, -0.05) is 24.3 Å². The molecule has 2 aromatic rings. The summed E-state index contributed by atoms with van der Waals surface area (Å²) in [5.74, 6) is 0.477. The summed E-state index contributed by atoms with van der Waals surface area (Å²) in [5.41, 5.74) is 1.67. The van der Waals surface area contributed by atoms with Gasteiger partial charge >= 0.3 is 0 Å². The number of aliphatic hydroxyl groups excluding tert-OH is 1. The SMILES string of the molecule is COc1ccc(CNCC(O)c2cccc(F)c2)cc1. The van der Waals surface area contributed by atoms with Crippen molar-refractivity contribution in [2.24, 2.45) is 0 Å². The van der Waals surface area contributed by atoms with Crippen LogP contribution in [0.25, 0.3) is 0 Å². The van der Waals surface area contributed by atoms with Crippen LogP contribution in [-0.4, -0.2) is 18.8 Å². The van der Waals surface area contributed by atoms with Gasteiger partial charge in [-0.15, -0.1) is 0 Å². The zero-order valence-electron chi connectivity index (χ0n) is 11.3. The van der Waals surface area contributed by atoms with Crippen LogP contribution in [0.5, 0.6) is 5.75 Å². The van der Waals surface area contributed by atoms with E-state index in [1.165, 1.54) is 12.1 Å². The summed E-state index contributed by atoms with van der Waals surface area (Å²) in [4.78, 5) is 0. The van der Waals surface area contributed by atoms with Crippen LogP contribution in [-0.2, 0) is 6.54 Å². The molecular formula is C16H18FNO2. The first kappa shape index (κ1) is 14.5. The molecule has 0 aliphatic heterocycles. The van der Waals surface area contributed by atoms with Crippen LogP contribution in [0.1, 0.15) is 17.2 Å². The molecule has 0 heterocycles. The Morgan fingerprint density at radius 3 is 2.60 bits per heavy atom. The minimum Gasteiger partial charge on any atom is -0.497 e. The summed E-state index contributed by atoms with van der Waals surface area (Å²) < 4.78 is 18.1. The van der Waals surface area contributed by atoms with Crippen molar-refractivity contribution in [3.05, 3.63) is 65.5 Å². The van der Waals surface area contributed by atoms with E-state index in [-0.39, 0.29) is 5.82 Å². The summed E-state index contributed by atoms with van der Waals surface area (Å²) in [5, 5.41) is 13.1. The van der Waals surface area contributed by atoms with Crippen LogP contribution in [0.3, 0.4) is 0 Å². The highest BCUT2D eigenvalue weighted by molar-refractivity contribution is 5.27. The largest absolute Gasteiger partial charge is 0.497 e. The van der Waals surface area contributed by atoms with Crippen LogP contribution < -0.4 is 10.1 Å². The highest BCUT2D eigenvalue weighted by Gasteiger charge is 2.07. The number of methoxy groups -OCH3 is 1. The topological polar surface area (TPSA) is 41.5 Å². The van der Waals surface area contributed by atoms with E-state index in [0.717, 1.165) is 11.3 Å². The molecule has 2 rings (SSSR count). The predicted molar refractivity (Wildman–Crippen MR) is 76.1 cm³/mol. The van der Waals surface area contributed by atoms with Gasteiger partial charge in [-0.25, -0.2) is 4.39 Å². The van der Waals surface area contributed by atoms with Crippen molar-refractivity contribution in [1.29, 1.82) is 0 Å². The van der Waals surface area contributed by atoms with Gasteiger partial charge in [0.05, 0.1) is 13.2 Å². The molecule has 0 aliphatic carbocycles. The molecule has 0 aromatic heterocycles. The van der Waals surface area contributed by atoms with Crippen molar-refractivity contribution in [3.8, 4) is 5.75 Å². The molecule has 4 heteroatoms. The first-order chi connectivity index (χ1) is 9.69. The van der Waals surface area contributed by atoms with Crippen molar-refractivity contribution in [1.82, 2.24) is 5.32 Å². The normalized spacial score (nSPS) is 12.2. The maximum atomic E-state index is 13.0. The van der Waals surface area contributed by atoms with E-state index in [1.54, 1.807) is 19.2 Å². The summed E-state index contributed by atoms with van der Waals surface area (Å²) >= 11 is 0. The Morgan fingerprint density at radius 2 is 1.95 bits per heavy atom. The summed E-state index contributed by atoms with van der Waals surface area (Å²) in [6.45, 7) is 1.01. The smallest absolute Gasteiger partial charge is 0.123 e. The maximum Gasteiger partial charge on any atom is 0.123 e. The van der Waals surface area contributed by atoms with Gasteiger partial charge in [0.1, 0.15) is 11.6 Å². The molecule has 0 saturated carbocycles. The molecule has 0 saturated heterocycles. The Morgan fingerprint density at radius 1 is 1.20 bits per heavy atom. The average molecular weight is 275 g/mol. The number of nitrogens with one attached hydrogen (secondary N) is 1. The first-order valence-corrected chi connectivity index (χ1v) is 6.46. The third-order valence-electron chi connectivity index (χ3n) is 3.06. The number of hydrogen-bond acceptors (Lipinski definition) is 3. The fourth-order valence-corrected chi connectivity index (χ4v) is 1.93. The fraction of sp³-hybridized carbons (Fsp3) is 0.250.